The molecule has 0 spiro atoms. The van der Waals surface area contributed by atoms with E-state index < -0.39 is 11.7 Å². The van der Waals surface area contributed by atoms with Crippen molar-refractivity contribution >= 4 is 0 Å². The molecule has 0 saturated carbocycles. The second kappa shape index (κ2) is 4.31. The van der Waals surface area contributed by atoms with Crippen LogP contribution in [0.5, 0.6) is 0 Å². The highest BCUT2D eigenvalue weighted by atomic mass is 19.4. The lowest BCUT2D eigenvalue weighted by molar-refractivity contribution is -0.138. The predicted octanol–water partition coefficient (Wildman–Crippen LogP) is 4.52. The van der Waals surface area contributed by atoms with Crippen LogP contribution in [-0.4, -0.2) is 4.98 Å². The molecule has 4 heteroatoms. The minimum atomic E-state index is -4.34. The molecule has 1 heterocycles. The Morgan fingerprint density at radius 1 is 1.12 bits per heavy atom. The van der Waals surface area contributed by atoms with E-state index in [1.807, 2.05) is 20.8 Å². The Hall–Kier alpha value is -1.06. The van der Waals surface area contributed by atoms with Crippen LogP contribution in [0.1, 0.15) is 57.4 Å². The van der Waals surface area contributed by atoms with E-state index in [1.54, 1.807) is 20.0 Å². The summed E-state index contributed by atoms with van der Waals surface area (Å²) in [6, 6.07) is 1.22. The van der Waals surface area contributed by atoms with Gasteiger partial charge >= 0.3 is 6.18 Å². The molecule has 0 aromatic carbocycles. The summed E-state index contributed by atoms with van der Waals surface area (Å²) < 4.78 is 38.8. The fourth-order valence-electron chi connectivity index (χ4n) is 1.57. The van der Waals surface area contributed by atoms with Gasteiger partial charge in [0.25, 0.3) is 0 Å². The molecular weight excluding hydrogens is 227 g/mol. The van der Waals surface area contributed by atoms with Crippen LogP contribution in [0.3, 0.4) is 0 Å². The van der Waals surface area contributed by atoms with E-state index in [4.69, 9.17) is 0 Å². The van der Waals surface area contributed by atoms with Gasteiger partial charge in [0, 0.05) is 6.20 Å². The first kappa shape index (κ1) is 14.0. The number of aromatic nitrogens is 1. The van der Waals surface area contributed by atoms with E-state index >= 15 is 0 Å². The maximum atomic E-state index is 12.9. The molecule has 1 rings (SSSR count). The van der Waals surface area contributed by atoms with Crippen LogP contribution in [0.25, 0.3) is 0 Å². The molecule has 17 heavy (non-hydrogen) atoms. The third-order valence-corrected chi connectivity index (χ3v) is 2.64. The molecule has 0 saturated heterocycles. The Morgan fingerprint density at radius 2 is 1.65 bits per heavy atom. The SMILES string of the molecule is CC(C)c1ncc(C(C)(C)C)cc1C(F)(F)F. The molecule has 1 nitrogen and oxygen atoms in total. The number of pyridine rings is 1. The van der Waals surface area contributed by atoms with Gasteiger partial charge in [-0.05, 0) is 23.0 Å². The van der Waals surface area contributed by atoms with Crippen LogP contribution in [0.15, 0.2) is 12.3 Å². The maximum Gasteiger partial charge on any atom is 0.418 e. The van der Waals surface area contributed by atoms with Gasteiger partial charge in [0.1, 0.15) is 0 Å². The summed E-state index contributed by atoms with van der Waals surface area (Å²) in [5, 5.41) is 0. The highest BCUT2D eigenvalue weighted by molar-refractivity contribution is 5.33. The van der Waals surface area contributed by atoms with Crippen molar-refractivity contribution in [2.45, 2.75) is 52.1 Å². The van der Waals surface area contributed by atoms with Crippen molar-refractivity contribution in [3.05, 3.63) is 29.1 Å². The normalized spacial score (nSPS) is 13.2. The summed E-state index contributed by atoms with van der Waals surface area (Å²) in [7, 11) is 0. The number of alkyl halides is 3. The highest BCUT2D eigenvalue weighted by Crippen LogP contribution is 2.36. The van der Waals surface area contributed by atoms with Gasteiger partial charge in [0.15, 0.2) is 0 Å². The van der Waals surface area contributed by atoms with E-state index in [9.17, 15) is 13.2 Å². The molecule has 0 unspecified atom stereocenters. The van der Waals surface area contributed by atoms with E-state index in [1.165, 1.54) is 6.07 Å². The van der Waals surface area contributed by atoms with Gasteiger partial charge < -0.3 is 0 Å². The first-order chi connectivity index (χ1) is 7.53. The third kappa shape index (κ3) is 3.20. The van der Waals surface area contributed by atoms with Crippen LogP contribution >= 0.6 is 0 Å². The Labute approximate surface area is 100 Å². The topological polar surface area (TPSA) is 12.9 Å². The minimum Gasteiger partial charge on any atom is -0.260 e. The summed E-state index contributed by atoms with van der Waals surface area (Å²) in [4.78, 5) is 3.99. The smallest absolute Gasteiger partial charge is 0.260 e. The van der Waals surface area contributed by atoms with E-state index in [0.29, 0.717) is 5.56 Å². The average Bonchev–Trinajstić information content (AvgIpc) is 2.14. The maximum absolute atomic E-state index is 12.9. The molecule has 0 aliphatic carbocycles. The lowest BCUT2D eigenvalue weighted by Gasteiger charge is -2.22. The van der Waals surface area contributed by atoms with Crippen molar-refractivity contribution in [2.24, 2.45) is 0 Å². The molecular formula is C13H18F3N. The predicted molar refractivity (Wildman–Crippen MR) is 62.0 cm³/mol. The fraction of sp³-hybridized carbons (Fsp3) is 0.615. The highest BCUT2D eigenvalue weighted by Gasteiger charge is 2.35. The lowest BCUT2D eigenvalue weighted by atomic mass is 9.86. The van der Waals surface area contributed by atoms with Gasteiger partial charge in [-0.2, -0.15) is 13.2 Å². The summed E-state index contributed by atoms with van der Waals surface area (Å²) >= 11 is 0. The van der Waals surface area contributed by atoms with Crippen molar-refractivity contribution in [3.63, 3.8) is 0 Å². The summed E-state index contributed by atoms with van der Waals surface area (Å²) in [6.07, 6.45) is -2.79. The second-order valence-electron chi connectivity index (χ2n) is 5.56. The van der Waals surface area contributed by atoms with Gasteiger partial charge in [-0.15, -0.1) is 0 Å². The van der Waals surface area contributed by atoms with Crippen LogP contribution < -0.4 is 0 Å². The van der Waals surface area contributed by atoms with Gasteiger partial charge in [-0.3, -0.25) is 4.98 Å². The molecule has 0 N–H and O–H groups in total. The van der Waals surface area contributed by atoms with Crippen molar-refractivity contribution < 1.29 is 13.2 Å². The Balaban J connectivity index is 3.41. The molecule has 0 bridgehead atoms. The zero-order valence-corrected chi connectivity index (χ0v) is 10.8. The molecule has 1 aromatic rings. The second-order valence-corrected chi connectivity index (χ2v) is 5.56. The largest absolute Gasteiger partial charge is 0.418 e. The van der Waals surface area contributed by atoms with Crippen molar-refractivity contribution in [3.8, 4) is 0 Å². The lowest BCUT2D eigenvalue weighted by Crippen LogP contribution is -2.17. The number of nitrogens with zero attached hydrogens (tertiary/aromatic N) is 1. The first-order valence-corrected chi connectivity index (χ1v) is 5.61. The number of hydrogen-bond acceptors (Lipinski definition) is 1. The standard InChI is InChI=1S/C13H18F3N/c1-8(2)11-10(13(14,15)16)6-9(7-17-11)12(3,4)5/h6-8H,1-5H3. The molecule has 0 aliphatic rings. The number of rotatable bonds is 1. The van der Waals surface area contributed by atoms with Crippen LogP contribution in [-0.2, 0) is 11.6 Å². The first-order valence-electron chi connectivity index (χ1n) is 5.61. The molecule has 0 atom stereocenters. The summed E-state index contributed by atoms with van der Waals surface area (Å²) in [6.45, 7) is 9.06. The van der Waals surface area contributed by atoms with Crippen molar-refractivity contribution in [2.75, 3.05) is 0 Å². The Morgan fingerprint density at radius 3 is 2.00 bits per heavy atom. The van der Waals surface area contributed by atoms with Crippen LogP contribution in [0, 0.1) is 0 Å². The molecule has 0 radical (unpaired) electrons. The van der Waals surface area contributed by atoms with Crippen molar-refractivity contribution in [1.82, 2.24) is 4.98 Å². The number of hydrogen-bond donors (Lipinski definition) is 0. The van der Waals surface area contributed by atoms with Gasteiger partial charge in [-0.25, -0.2) is 0 Å². The summed E-state index contributed by atoms with van der Waals surface area (Å²) in [5.41, 5.74) is -0.220. The zero-order chi connectivity index (χ0) is 13.4. The van der Waals surface area contributed by atoms with Gasteiger partial charge in [0.05, 0.1) is 11.3 Å². The van der Waals surface area contributed by atoms with Crippen LogP contribution in [0.2, 0.25) is 0 Å². The Kier molecular flexibility index (Phi) is 3.55. The monoisotopic (exact) mass is 245 g/mol. The molecule has 0 aliphatic heterocycles. The molecule has 96 valence electrons. The molecule has 0 amide bonds. The molecule has 0 fully saturated rings. The Bertz CT molecular complexity index is 400. The molecule has 1 aromatic heterocycles. The van der Waals surface area contributed by atoms with E-state index in [2.05, 4.69) is 4.98 Å². The van der Waals surface area contributed by atoms with Crippen molar-refractivity contribution in [1.29, 1.82) is 0 Å². The number of halogens is 3. The van der Waals surface area contributed by atoms with Gasteiger partial charge in [-0.1, -0.05) is 34.6 Å². The van der Waals surface area contributed by atoms with Crippen LogP contribution in [0.4, 0.5) is 13.2 Å². The summed E-state index contributed by atoms with van der Waals surface area (Å²) in [5.74, 6) is -0.236. The van der Waals surface area contributed by atoms with E-state index in [0.717, 1.165) is 0 Å². The van der Waals surface area contributed by atoms with E-state index in [-0.39, 0.29) is 17.0 Å². The zero-order valence-electron chi connectivity index (χ0n) is 10.8. The quantitative estimate of drug-likeness (QED) is 0.708. The minimum absolute atomic E-state index is 0.116. The average molecular weight is 245 g/mol. The fourth-order valence-corrected chi connectivity index (χ4v) is 1.57. The van der Waals surface area contributed by atoms with Gasteiger partial charge in [0.2, 0.25) is 0 Å². The third-order valence-electron chi connectivity index (χ3n) is 2.64.